The van der Waals surface area contributed by atoms with Crippen LogP contribution in [0.25, 0.3) is 0 Å². The molecule has 1 aromatic carbocycles. The molecule has 1 aromatic rings. The molecule has 6 nitrogen and oxygen atoms in total. The molecule has 0 spiro atoms. The first-order chi connectivity index (χ1) is 12.1. The molecule has 0 unspecified atom stereocenters. The highest BCUT2D eigenvalue weighted by molar-refractivity contribution is 5.85. The molecule has 0 saturated carbocycles. The number of allylic oxidation sites excluding steroid dienone is 2. The number of nitrogens with one attached hydrogen (secondary N) is 2. The van der Waals surface area contributed by atoms with E-state index in [2.05, 4.69) is 23.8 Å². The van der Waals surface area contributed by atoms with Crippen LogP contribution in [0.3, 0.4) is 0 Å². The van der Waals surface area contributed by atoms with Crippen LogP contribution in [0.15, 0.2) is 67.3 Å². The fourth-order valence-corrected chi connectivity index (χ4v) is 1.92. The van der Waals surface area contributed by atoms with Gasteiger partial charge in [-0.2, -0.15) is 0 Å². The van der Waals surface area contributed by atoms with Gasteiger partial charge < -0.3 is 20.1 Å². The summed E-state index contributed by atoms with van der Waals surface area (Å²) in [4.78, 5) is 24.1. The lowest BCUT2D eigenvalue weighted by Gasteiger charge is -2.17. The van der Waals surface area contributed by atoms with Crippen molar-refractivity contribution in [2.75, 3.05) is 20.3 Å². The van der Waals surface area contributed by atoms with Gasteiger partial charge in [0.05, 0.1) is 6.61 Å². The number of methoxy groups -OCH3 is 1. The van der Waals surface area contributed by atoms with Crippen LogP contribution in [0, 0.1) is 0 Å². The summed E-state index contributed by atoms with van der Waals surface area (Å²) in [7, 11) is 1.45. The molecule has 6 heteroatoms. The second-order valence-corrected chi connectivity index (χ2v) is 5.11. The van der Waals surface area contributed by atoms with Gasteiger partial charge in [-0.1, -0.05) is 61.7 Å². The molecular formula is C19H24N2O4. The van der Waals surface area contributed by atoms with Crippen LogP contribution in [0.5, 0.6) is 0 Å². The van der Waals surface area contributed by atoms with Crippen molar-refractivity contribution in [1.29, 1.82) is 0 Å². The Morgan fingerprint density at radius 3 is 2.56 bits per heavy atom. The molecule has 2 amide bonds. The number of alkyl carbamates (subject to hydrolysis) is 1. The zero-order valence-corrected chi connectivity index (χ0v) is 14.4. The van der Waals surface area contributed by atoms with E-state index >= 15 is 0 Å². The van der Waals surface area contributed by atoms with E-state index < -0.39 is 12.1 Å². The summed E-state index contributed by atoms with van der Waals surface area (Å²) in [6.45, 7) is 7.61. The molecule has 0 aromatic heterocycles. The molecule has 1 atom stereocenters. The predicted octanol–water partition coefficient (Wildman–Crippen LogP) is 2.34. The Bertz CT molecular complexity index is 611. The highest BCUT2D eigenvalue weighted by atomic mass is 16.5. The van der Waals surface area contributed by atoms with Gasteiger partial charge in [0.25, 0.3) is 0 Å². The second kappa shape index (κ2) is 11.6. The van der Waals surface area contributed by atoms with Crippen molar-refractivity contribution in [3.8, 4) is 0 Å². The standard InChI is InChI=1S/C19H24N2O4/c1-4-9-15(5-2)13-25-19(23)21-17(14-24-3)18(22)20-12-16-10-7-6-8-11-16/h4-11,17H,1-2,12-14H2,3H3,(H,20,22)(H,21,23)/b15-9+/t17-/m1/s1. The average molecular weight is 344 g/mol. The molecule has 25 heavy (non-hydrogen) atoms. The van der Waals surface area contributed by atoms with Gasteiger partial charge in [-0.15, -0.1) is 0 Å². The number of hydrogen-bond donors (Lipinski definition) is 2. The summed E-state index contributed by atoms with van der Waals surface area (Å²) in [6.07, 6.45) is 4.10. The van der Waals surface area contributed by atoms with Crippen LogP contribution in [-0.4, -0.2) is 38.4 Å². The van der Waals surface area contributed by atoms with Crippen LogP contribution in [0.1, 0.15) is 5.56 Å². The third-order valence-electron chi connectivity index (χ3n) is 3.22. The molecule has 134 valence electrons. The zero-order valence-electron chi connectivity index (χ0n) is 14.4. The summed E-state index contributed by atoms with van der Waals surface area (Å²) in [6, 6.07) is 8.62. The third-order valence-corrected chi connectivity index (χ3v) is 3.22. The Morgan fingerprint density at radius 1 is 1.24 bits per heavy atom. The van der Waals surface area contributed by atoms with Crippen molar-refractivity contribution in [2.24, 2.45) is 0 Å². The lowest BCUT2D eigenvalue weighted by Crippen LogP contribution is -2.49. The van der Waals surface area contributed by atoms with Gasteiger partial charge >= 0.3 is 6.09 Å². The first kappa shape index (κ1) is 20.2. The summed E-state index contributed by atoms with van der Waals surface area (Å²) in [5, 5.41) is 5.25. The molecule has 0 aliphatic rings. The highest BCUT2D eigenvalue weighted by Gasteiger charge is 2.21. The van der Waals surface area contributed by atoms with E-state index in [1.54, 1.807) is 18.2 Å². The Balaban J connectivity index is 2.52. The van der Waals surface area contributed by atoms with Crippen molar-refractivity contribution in [2.45, 2.75) is 12.6 Å². The molecule has 0 bridgehead atoms. The Hall–Kier alpha value is -2.86. The molecule has 0 saturated heterocycles. The molecule has 2 N–H and O–H groups in total. The maximum Gasteiger partial charge on any atom is 0.408 e. The molecule has 1 rings (SSSR count). The fraction of sp³-hybridized carbons (Fsp3) is 0.263. The summed E-state index contributed by atoms with van der Waals surface area (Å²) in [5.41, 5.74) is 1.65. The van der Waals surface area contributed by atoms with Gasteiger partial charge in [-0.25, -0.2) is 4.79 Å². The first-order valence-electron chi connectivity index (χ1n) is 7.78. The lowest BCUT2D eigenvalue weighted by atomic mass is 10.2. The Labute approximate surface area is 148 Å². The van der Waals surface area contributed by atoms with E-state index in [9.17, 15) is 9.59 Å². The first-order valence-corrected chi connectivity index (χ1v) is 7.78. The van der Waals surface area contributed by atoms with Gasteiger partial charge in [0, 0.05) is 13.7 Å². The van der Waals surface area contributed by atoms with Crippen molar-refractivity contribution in [1.82, 2.24) is 10.6 Å². The second-order valence-electron chi connectivity index (χ2n) is 5.11. The number of benzene rings is 1. The Morgan fingerprint density at radius 2 is 1.96 bits per heavy atom. The van der Waals surface area contributed by atoms with Crippen molar-refractivity contribution in [3.63, 3.8) is 0 Å². The molecule has 0 radical (unpaired) electrons. The van der Waals surface area contributed by atoms with E-state index in [0.717, 1.165) is 5.56 Å². The molecule has 0 aliphatic carbocycles. The monoisotopic (exact) mass is 344 g/mol. The van der Waals surface area contributed by atoms with Gasteiger partial charge in [-0.3, -0.25) is 4.79 Å². The minimum absolute atomic E-state index is 0.0343. The fourth-order valence-electron chi connectivity index (χ4n) is 1.92. The van der Waals surface area contributed by atoms with E-state index in [1.807, 2.05) is 30.3 Å². The van der Waals surface area contributed by atoms with E-state index in [-0.39, 0.29) is 19.1 Å². The van der Waals surface area contributed by atoms with E-state index in [1.165, 1.54) is 7.11 Å². The SMILES string of the molecule is C=C/C=C(\C=C)COC(=O)N[C@H](COC)C(=O)NCc1ccccc1. The summed E-state index contributed by atoms with van der Waals surface area (Å²) >= 11 is 0. The number of rotatable bonds is 10. The maximum atomic E-state index is 12.2. The lowest BCUT2D eigenvalue weighted by molar-refractivity contribution is -0.124. The number of carbonyl (C=O) groups is 2. The van der Waals surface area contributed by atoms with Gasteiger partial charge in [0.15, 0.2) is 0 Å². The highest BCUT2D eigenvalue weighted by Crippen LogP contribution is 2.00. The number of hydrogen-bond acceptors (Lipinski definition) is 4. The van der Waals surface area contributed by atoms with Crippen LogP contribution in [-0.2, 0) is 20.8 Å². The van der Waals surface area contributed by atoms with Crippen LogP contribution < -0.4 is 10.6 Å². The van der Waals surface area contributed by atoms with Crippen LogP contribution in [0.2, 0.25) is 0 Å². The normalized spacial score (nSPS) is 12.0. The predicted molar refractivity (Wildman–Crippen MR) is 96.9 cm³/mol. The topological polar surface area (TPSA) is 76.7 Å². The minimum Gasteiger partial charge on any atom is -0.445 e. The molecule has 0 fully saturated rings. The van der Waals surface area contributed by atoms with Crippen molar-refractivity contribution >= 4 is 12.0 Å². The summed E-state index contributed by atoms with van der Waals surface area (Å²) < 4.78 is 10.1. The molecule has 0 heterocycles. The smallest absolute Gasteiger partial charge is 0.408 e. The molecule has 0 aliphatic heterocycles. The number of ether oxygens (including phenoxy) is 2. The zero-order chi connectivity index (χ0) is 18.5. The van der Waals surface area contributed by atoms with Crippen molar-refractivity contribution < 1.29 is 19.1 Å². The van der Waals surface area contributed by atoms with E-state index in [0.29, 0.717) is 12.1 Å². The average Bonchev–Trinajstić information content (AvgIpc) is 2.63. The van der Waals surface area contributed by atoms with E-state index in [4.69, 9.17) is 9.47 Å². The maximum absolute atomic E-state index is 12.2. The molecular weight excluding hydrogens is 320 g/mol. The van der Waals surface area contributed by atoms with Crippen LogP contribution in [0.4, 0.5) is 4.79 Å². The van der Waals surface area contributed by atoms with Gasteiger partial charge in [0.2, 0.25) is 5.91 Å². The minimum atomic E-state index is -0.850. The Kier molecular flexibility index (Phi) is 9.40. The quantitative estimate of drug-likeness (QED) is 0.639. The van der Waals surface area contributed by atoms with Gasteiger partial charge in [-0.05, 0) is 11.1 Å². The number of amides is 2. The van der Waals surface area contributed by atoms with Crippen molar-refractivity contribution in [3.05, 3.63) is 72.9 Å². The van der Waals surface area contributed by atoms with Gasteiger partial charge in [0.1, 0.15) is 12.6 Å². The third kappa shape index (κ3) is 7.99. The number of carbonyl (C=O) groups excluding carboxylic acids is 2. The largest absolute Gasteiger partial charge is 0.445 e. The van der Waals surface area contributed by atoms with Crippen LogP contribution >= 0.6 is 0 Å². The summed E-state index contributed by atoms with van der Waals surface area (Å²) in [5.74, 6) is -0.353.